The molecule has 2 aromatic rings. The lowest BCUT2D eigenvalue weighted by atomic mass is 9.93. The van der Waals surface area contributed by atoms with Crippen LogP contribution in [0.1, 0.15) is 44.2 Å². The van der Waals surface area contributed by atoms with Crippen LogP contribution in [0.2, 0.25) is 0 Å². The summed E-state index contributed by atoms with van der Waals surface area (Å²) in [6, 6.07) is 10.6. The van der Waals surface area contributed by atoms with Crippen molar-refractivity contribution in [2.45, 2.75) is 46.1 Å². The Kier molecular flexibility index (Phi) is 5.72. The lowest BCUT2D eigenvalue weighted by Gasteiger charge is -2.25. The molecule has 1 heterocycles. The van der Waals surface area contributed by atoms with Gasteiger partial charge in [0.05, 0.1) is 0 Å². The second-order valence-corrected chi connectivity index (χ2v) is 6.89. The third kappa shape index (κ3) is 3.96. The van der Waals surface area contributed by atoms with Crippen molar-refractivity contribution < 1.29 is 4.74 Å². The average molecular weight is 345 g/mol. The number of rotatable bonds is 6. The first-order valence-corrected chi connectivity index (χ1v) is 9.32. The molecule has 0 amide bonds. The highest BCUT2D eigenvalue weighted by molar-refractivity contribution is 5.81. The van der Waals surface area contributed by atoms with E-state index in [2.05, 4.69) is 61.8 Å². The highest BCUT2D eigenvalue weighted by Gasteiger charge is 2.19. The molecular formula is C24H27NO. The molecule has 1 aromatic carbocycles. The Morgan fingerprint density at radius 1 is 1.19 bits per heavy atom. The van der Waals surface area contributed by atoms with Gasteiger partial charge in [-0.2, -0.15) is 0 Å². The molecule has 1 fully saturated rings. The van der Waals surface area contributed by atoms with E-state index >= 15 is 0 Å². The molecular weight excluding hydrogens is 318 g/mol. The number of hydrogen-bond donors (Lipinski definition) is 0. The van der Waals surface area contributed by atoms with E-state index in [1.54, 1.807) is 0 Å². The molecule has 0 saturated heterocycles. The fourth-order valence-corrected chi connectivity index (χ4v) is 3.25. The molecule has 3 rings (SSSR count). The minimum Gasteiger partial charge on any atom is -0.474 e. The van der Waals surface area contributed by atoms with Crippen LogP contribution < -0.4 is 4.74 Å². The molecule has 26 heavy (non-hydrogen) atoms. The molecule has 0 aliphatic heterocycles. The number of aromatic nitrogens is 1. The third-order valence-electron chi connectivity index (χ3n) is 4.97. The quantitative estimate of drug-likeness (QED) is 0.556. The first kappa shape index (κ1) is 18.2. The fourth-order valence-electron chi connectivity index (χ4n) is 3.25. The molecule has 1 aliphatic rings. The number of pyridine rings is 1. The number of hydrogen-bond acceptors (Lipinski definition) is 2. The predicted molar refractivity (Wildman–Crippen MR) is 110 cm³/mol. The van der Waals surface area contributed by atoms with Crippen molar-refractivity contribution in [3.63, 3.8) is 0 Å². The zero-order valence-corrected chi connectivity index (χ0v) is 16.0. The Morgan fingerprint density at radius 2 is 1.96 bits per heavy atom. The van der Waals surface area contributed by atoms with Gasteiger partial charge in [0.25, 0.3) is 0 Å². The van der Waals surface area contributed by atoms with Gasteiger partial charge in [0, 0.05) is 17.8 Å². The fraction of sp³-hybridized carbons (Fsp3) is 0.292. The van der Waals surface area contributed by atoms with Crippen LogP contribution in [0.25, 0.3) is 16.7 Å². The van der Waals surface area contributed by atoms with Crippen molar-refractivity contribution in [2.24, 2.45) is 0 Å². The SMILES string of the molecule is C=C/C(=C(C)\C=C/C)c1ccc(-c2ccc(OC3CCC3)nc2)cc1C. The van der Waals surface area contributed by atoms with Crippen molar-refractivity contribution in [2.75, 3.05) is 0 Å². The van der Waals surface area contributed by atoms with Crippen LogP contribution in [-0.4, -0.2) is 11.1 Å². The minimum atomic E-state index is 0.361. The highest BCUT2D eigenvalue weighted by Crippen LogP contribution is 2.29. The highest BCUT2D eigenvalue weighted by atomic mass is 16.5. The van der Waals surface area contributed by atoms with Gasteiger partial charge in [0.2, 0.25) is 5.88 Å². The molecule has 0 unspecified atom stereocenters. The summed E-state index contributed by atoms with van der Waals surface area (Å²) in [6.45, 7) is 10.3. The van der Waals surface area contributed by atoms with Crippen LogP contribution in [0.15, 0.2) is 66.9 Å². The van der Waals surface area contributed by atoms with E-state index in [9.17, 15) is 0 Å². The molecule has 0 N–H and O–H groups in total. The van der Waals surface area contributed by atoms with Crippen LogP contribution in [0, 0.1) is 6.92 Å². The molecule has 0 bridgehead atoms. The maximum atomic E-state index is 5.84. The Hall–Kier alpha value is -2.61. The Bertz CT molecular complexity index is 839. The first-order valence-electron chi connectivity index (χ1n) is 9.32. The van der Waals surface area contributed by atoms with Gasteiger partial charge < -0.3 is 4.74 Å². The van der Waals surface area contributed by atoms with Crippen molar-refractivity contribution in [1.82, 2.24) is 4.98 Å². The Balaban J connectivity index is 1.84. The molecule has 1 aliphatic carbocycles. The van der Waals surface area contributed by atoms with E-state index in [0.717, 1.165) is 24.3 Å². The van der Waals surface area contributed by atoms with Crippen molar-refractivity contribution in [3.8, 4) is 17.0 Å². The lowest BCUT2D eigenvalue weighted by molar-refractivity contribution is 0.114. The van der Waals surface area contributed by atoms with Gasteiger partial charge in [-0.15, -0.1) is 0 Å². The molecule has 134 valence electrons. The van der Waals surface area contributed by atoms with Gasteiger partial charge in [-0.3, -0.25) is 0 Å². The summed E-state index contributed by atoms with van der Waals surface area (Å²) in [5.41, 5.74) is 7.12. The van der Waals surface area contributed by atoms with E-state index in [1.807, 2.05) is 25.3 Å². The smallest absolute Gasteiger partial charge is 0.213 e. The number of ether oxygens (including phenoxy) is 1. The maximum Gasteiger partial charge on any atom is 0.213 e. The standard InChI is InChI=1S/C24H27NO/c1-5-8-17(3)22(6-2)23-13-11-19(15-18(23)4)20-12-14-24(25-16-20)26-21-9-7-10-21/h5-6,8,11-16,21H,2,7,9-10H2,1,3-4H3/b8-5-,22-17+. The number of nitrogens with zero attached hydrogens (tertiary/aromatic N) is 1. The van der Waals surface area contributed by atoms with E-state index in [-0.39, 0.29) is 0 Å². The van der Waals surface area contributed by atoms with Crippen LogP contribution in [-0.2, 0) is 0 Å². The zero-order valence-electron chi connectivity index (χ0n) is 16.0. The predicted octanol–water partition coefficient (Wildman–Crippen LogP) is 6.52. The Morgan fingerprint density at radius 3 is 2.50 bits per heavy atom. The van der Waals surface area contributed by atoms with Gasteiger partial charge in [0.1, 0.15) is 6.10 Å². The van der Waals surface area contributed by atoms with Crippen LogP contribution in [0.5, 0.6) is 5.88 Å². The number of benzene rings is 1. The third-order valence-corrected chi connectivity index (χ3v) is 4.97. The summed E-state index contributed by atoms with van der Waals surface area (Å²) >= 11 is 0. The zero-order chi connectivity index (χ0) is 18.5. The van der Waals surface area contributed by atoms with Gasteiger partial charge in [-0.05, 0) is 73.9 Å². The number of aryl methyl sites for hydroxylation is 1. The normalized spacial score (nSPS) is 15.5. The summed E-state index contributed by atoms with van der Waals surface area (Å²) in [4.78, 5) is 4.48. The van der Waals surface area contributed by atoms with Gasteiger partial charge in [0.15, 0.2) is 0 Å². The lowest BCUT2D eigenvalue weighted by Crippen LogP contribution is -2.24. The molecule has 0 radical (unpaired) electrons. The molecule has 1 saturated carbocycles. The minimum absolute atomic E-state index is 0.361. The van der Waals surface area contributed by atoms with E-state index in [0.29, 0.717) is 6.10 Å². The van der Waals surface area contributed by atoms with Crippen LogP contribution in [0.4, 0.5) is 0 Å². The van der Waals surface area contributed by atoms with Gasteiger partial charge in [-0.1, -0.05) is 43.0 Å². The Labute approximate surface area is 156 Å². The largest absolute Gasteiger partial charge is 0.474 e. The van der Waals surface area contributed by atoms with Gasteiger partial charge >= 0.3 is 0 Å². The first-order chi connectivity index (χ1) is 12.6. The van der Waals surface area contributed by atoms with E-state index < -0.39 is 0 Å². The summed E-state index contributed by atoms with van der Waals surface area (Å²) in [6.07, 6.45) is 11.9. The monoisotopic (exact) mass is 345 g/mol. The van der Waals surface area contributed by atoms with Crippen molar-refractivity contribution in [1.29, 1.82) is 0 Å². The maximum absolute atomic E-state index is 5.84. The van der Waals surface area contributed by atoms with Crippen molar-refractivity contribution in [3.05, 3.63) is 78.0 Å². The summed E-state index contributed by atoms with van der Waals surface area (Å²) < 4.78 is 5.84. The second kappa shape index (κ2) is 8.18. The second-order valence-electron chi connectivity index (χ2n) is 6.89. The van der Waals surface area contributed by atoms with Crippen molar-refractivity contribution >= 4 is 5.57 Å². The number of allylic oxidation sites excluding steroid dienone is 5. The summed E-state index contributed by atoms with van der Waals surface area (Å²) in [7, 11) is 0. The van der Waals surface area contributed by atoms with Crippen LogP contribution >= 0.6 is 0 Å². The molecule has 2 heteroatoms. The summed E-state index contributed by atoms with van der Waals surface area (Å²) in [5, 5.41) is 0. The topological polar surface area (TPSA) is 22.1 Å². The van der Waals surface area contributed by atoms with Crippen LogP contribution in [0.3, 0.4) is 0 Å². The van der Waals surface area contributed by atoms with E-state index in [4.69, 9.17) is 4.74 Å². The molecule has 1 aromatic heterocycles. The summed E-state index contributed by atoms with van der Waals surface area (Å²) in [5.74, 6) is 0.727. The molecule has 2 nitrogen and oxygen atoms in total. The molecule has 0 spiro atoms. The van der Waals surface area contributed by atoms with Gasteiger partial charge in [-0.25, -0.2) is 4.98 Å². The van der Waals surface area contributed by atoms with E-state index in [1.165, 1.54) is 34.3 Å². The molecule has 0 atom stereocenters. The average Bonchev–Trinajstić information content (AvgIpc) is 2.61.